The molecule has 0 N–H and O–H groups in total. The lowest BCUT2D eigenvalue weighted by atomic mass is 10.3. The van der Waals surface area contributed by atoms with Crippen molar-refractivity contribution in [2.45, 2.75) is 31.5 Å². The molecular formula is C6H7F6O4P. The summed E-state index contributed by atoms with van der Waals surface area (Å²) in [6, 6.07) is 0. The highest BCUT2D eigenvalue weighted by Gasteiger charge is 2.61. The van der Waals surface area contributed by atoms with E-state index in [0.29, 0.717) is 0 Å². The fourth-order valence-corrected chi connectivity index (χ4v) is 2.53. The van der Waals surface area contributed by atoms with Crippen molar-refractivity contribution in [3.63, 3.8) is 0 Å². The highest BCUT2D eigenvalue weighted by atomic mass is 31.2. The average Bonchev–Trinajstić information content (AvgIpc) is 2.39. The second kappa shape index (κ2) is 4.42. The molecule has 102 valence electrons. The van der Waals surface area contributed by atoms with Crippen LogP contribution in [-0.2, 0) is 18.1 Å². The van der Waals surface area contributed by atoms with Crippen LogP contribution in [0.4, 0.5) is 26.3 Å². The molecule has 0 bridgehead atoms. The van der Waals surface area contributed by atoms with Gasteiger partial charge in [-0.2, -0.15) is 26.3 Å². The van der Waals surface area contributed by atoms with Gasteiger partial charge in [0.15, 0.2) is 0 Å². The number of phosphoric ester groups is 1. The molecule has 17 heavy (non-hydrogen) atoms. The minimum absolute atomic E-state index is 0.403. The Morgan fingerprint density at radius 2 is 1.71 bits per heavy atom. The van der Waals surface area contributed by atoms with Gasteiger partial charge in [0.05, 0.1) is 12.7 Å². The number of rotatable bonds is 2. The molecule has 11 heteroatoms. The number of phosphoric acid groups is 1. The zero-order chi connectivity index (χ0) is 13.5. The summed E-state index contributed by atoms with van der Waals surface area (Å²) in [5, 5.41) is 0. The van der Waals surface area contributed by atoms with Gasteiger partial charge in [-0.15, -0.1) is 0 Å². The van der Waals surface area contributed by atoms with Crippen molar-refractivity contribution in [1.82, 2.24) is 0 Å². The van der Waals surface area contributed by atoms with Crippen LogP contribution in [-0.4, -0.2) is 31.2 Å². The summed E-state index contributed by atoms with van der Waals surface area (Å²) < 4.78 is 95.5. The molecule has 1 aliphatic heterocycles. The summed E-state index contributed by atoms with van der Waals surface area (Å²) in [5.74, 6) is 0. The smallest absolute Gasteiger partial charge is 0.284 e. The Morgan fingerprint density at radius 3 is 2.00 bits per heavy atom. The predicted octanol–water partition coefficient (Wildman–Crippen LogP) is 3.04. The first-order valence-electron chi connectivity index (χ1n) is 4.19. The van der Waals surface area contributed by atoms with E-state index in [1.54, 1.807) is 0 Å². The maximum Gasteiger partial charge on any atom is 0.476 e. The van der Waals surface area contributed by atoms with E-state index < -0.39 is 39.0 Å². The van der Waals surface area contributed by atoms with Crippen molar-refractivity contribution < 1.29 is 44.5 Å². The van der Waals surface area contributed by atoms with Crippen molar-refractivity contribution in [2.75, 3.05) is 6.61 Å². The van der Waals surface area contributed by atoms with Gasteiger partial charge in [-0.25, -0.2) is 4.57 Å². The number of hydrogen-bond acceptors (Lipinski definition) is 4. The first kappa shape index (κ1) is 14.7. The topological polar surface area (TPSA) is 44.8 Å². The lowest BCUT2D eigenvalue weighted by Crippen LogP contribution is -2.43. The van der Waals surface area contributed by atoms with E-state index in [9.17, 15) is 30.9 Å². The molecule has 0 aromatic carbocycles. The van der Waals surface area contributed by atoms with Gasteiger partial charge in [0, 0.05) is 0 Å². The Labute approximate surface area is 91.4 Å². The van der Waals surface area contributed by atoms with E-state index in [4.69, 9.17) is 0 Å². The SMILES string of the molecule is CC1COP(=O)(OC(C(F)(F)F)C(F)(F)F)O1. The van der Waals surface area contributed by atoms with Crippen molar-refractivity contribution in [1.29, 1.82) is 0 Å². The number of alkyl halides is 6. The monoisotopic (exact) mass is 288 g/mol. The van der Waals surface area contributed by atoms with Crippen LogP contribution in [0.5, 0.6) is 0 Å². The number of halogens is 6. The third-order valence-corrected chi connectivity index (χ3v) is 3.16. The van der Waals surface area contributed by atoms with Gasteiger partial charge in [0.25, 0.3) is 6.10 Å². The molecule has 0 amide bonds. The third kappa shape index (κ3) is 3.84. The van der Waals surface area contributed by atoms with Crippen LogP contribution in [0.3, 0.4) is 0 Å². The second-order valence-electron chi connectivity index (χ2n) is 3.23. The minimum atomic E-state index is -5.76. The molecule has 4 nitrogen and oxygen atoms in total. The van der Waals surface area contributed by atoms with E-state index in [-0.39, 0.29) is 0 Å². The molecule has 0 aromatic rings. The van der Waals surface area contributed by atoms with Crippen molar-refractivity contribution >= 4 is 7.82 Å². The van der Waals surface area contributed by atoms with Crippen LogP contribution in [0, 0.1) is 0 Å². The molecule has 1 rings (SSSR count). The van der Waals surface area contributed by atoms with E-state index in [1.165, 1.54) is 6.92 Å². The number of hydrogen-bond donors (Lipinski definition) is 0. The van der Waals surface area contributed by atoms with Crippen LogP contribution in [0.2, 0.25) is 0 Å². The average molecular weight is 288 g/mol. The van der Waals surface area contributed by atoms with Crippen LogP contribution in [0.25, 0.3) is 0 Å². The molecule has 0 aromatic heterocycles. The van der Waals surface area contributed by atoms with E-state index in [2.05, 4.69) is 13.6 Å². The zero-order valence-corrected chi connectivity index (χ0v) is 9.10. The molecule has 1 fully saturated rings. The first-order chi connectivity index (χ1) is 7.44. The Hall–Kier alpha value is -0.310. The fourth-order valence-electron chi connectivity index (χ4n) is 0.967. The summed E-state index contributed by atoms with van der Waals surface area (Å²) in [7, 11) is -4.82. The molecule has 2 unspecified atom stereocenters. The summed E-state index contributed by atoms with van der Waals surface area (Å²) in [6.07, 6.45) is -16.6. The van der Waals surface area contributed by atoms with Gasteiger partial charge in [-0.1, -0.05) is 0 Å². The maximum atomic E-state index is 12.1. The van der Waals surface area contributed by atoms with Gasteiger partial charge in [0.2, 0.25) is 0 Å². The lowest BCUT2D eigenvalue weighted by Gasteiger charge is -2.24. The van der Waals surface area contributed by atoms with Gasteiger partial charge >= 0.3 is 20.2 Å². The van der Waals surface area contributed by atoms with Crippen LogP contribution < -0.4 is 0 Å². The molecule has 1 saturated heterocycles. The molecule has 0 spiro atoms. The normalized spacial score (nSPS) is 31.2. The van der Waals surface area contributed by atoms with Gasteiger partial charge in [-0.3, -0.25) is 13.6 Å². The molecule has 0 radical (unpaired) electrons. The lowest BCUT2D eigenvalue weighted by molar-refractivity contribution is -0.303. The molecule has 0 aliphatic carbocycles. The van der Waals surface area contributed by atoms with Crippen LogP contribution in [0.15, 0.2) is 0 Å². The molecular weight excluding hydrogens is 281 g/mol. The summed E-state index contributed by atoms with van der Waals surface area (Å²) in [5.41, 5.74) is 0. The molecule has 1 heterocycles. The largest absolute Gasteiger partial charge is 0.476 e. The van der Waals surface area contributed by atoms with E-state index in [0.717, 1.165) is 0 Å². The first-order valence-corrected chi connectivity index (χ1v) is 5.65. The predicted molar refractivity (Wildman–Crippen MR) is 41.1 cm³/mol. The zero-order valence-electron chi connectivity index (χ0n) is 8.21. The Kier molecular flexibility index (Phi) is 3.83. The summed E-state index contributed by atoms with van der Waals surface area (Å²) in [4.78, 5) is 0. The minimum Gasteiger partial charge on any atom is -0.284 e. The fraction of sp³-hybridized carbons (Fsp3) is 1.00. The Morgan fingerprint density at radius 1 is 1.24 bits per heavy atom. The van der Waals surface area contributed by atoms with Gasteiger partial charge in [0.1, 0.15) is 0 Å². The Bertz CT molecular complexity index is 311. The van der Waals surface area contributed by atoms with E-state index in [1.807, 2.05) is 0 Å². The molecule has 1 aliphatic rings. The van der Waals surface area contributed by atoms with Crippen molar-refractivity contribution in [2.24, 2.45) is 0 Å². The third-order valence-electron chi connectivity index (χ3n) is 1.61. The summed E-state index contributed by atoms with van der Waals surface area (Å²) in [6.45, 7) is 0.860. The van der Waals surface area contributed by atoms with Gasteiger partial charge < -0.3 is 0 Å². The molecule has 0 saturated carbocycles. The van der Waals surface area contributed by atoms with Crippen LogP contribution in [0.1, 0.15) is 6.92 Å². The highest BCUT2D eigenvalue weighted by Crippen LogP contribution is 2.58. The summed E-state index contributed by atoms with van der Waals surface area (Å²) >= 11 is 0. The van der Waals surface area contributed by atoms with Crippen molar-refractivity contribution in [3.05, 3.63) is 0 Å². The highest BCUT2D eigenvalue weighted by molar-refractivity contribution is 7.48. The second-order valence-corrected chi connectivity index (χ2v) is 4.80. The maximum absolute atomic E-state index is 12.1. The van der Waals surface area contributed by atoms with E-state index >= 15 is 0 Å². The van der Waals surface area contributed by atoms with Crippen molar-refractivity contribution in [3.8, 4) is 0 Å². The molecule has 2 atom stereocenters. The standard InChI is InChI=1S/C6H7F6O4P/c1-3-2-14-17(13,15-3)16-4(5(7,8)9)6(10,11)12/h3-4H,2H2,1H3. The van der Waals surface area contributed by atoms with Gasteiger partial charge in [-0.05, 0) is 6.92 Å². The quantitative estimate of drug-likeness (QED) is 0.578. The Balaban J connectivity index is 2.85. The van der Waals surface area contributed by atoms with Crippen LogP contribution >= 0.6 is 7.82 Å².